The molecule has 6 aromatic rings. The Morgan fingerprint density at radius 2 is 0.915 bits per heavy atom. The predicted octanol–water partition coefficient (Wildman–Crippen LogP) is 4.12. The molecule has 702 valence electrons. The van der Waals surface area contributed by atoms with Crippen LogP contribution in [-0.4, -0.2) is 264 Å². The number of aliphatic hydroxyl groups excluding tert-OH is 2. The minimum atomic E-state index is -1.92. The summed E-state index contributed by atoms with van der Waals surface area (Å²) >= 11 is 0. The van der Waals surface area contributed by atoms with Crippen LogP contribution in [0.2, 0.25) is 0 Å². The number of nitrogens with zero attached hydrogens (tertiary/aromatic N) is 7. The van der Waals surface area contributed by atoms with E-state index in [4.69, 9.17) is 66.1 Å². The highest BCUT2D eigenvalue weighted by molar-refractivity contribution is 8.77. The number of hydrogen-bond donors (Lipinski definition) is 18. The van der Waals surface area contributed by atoms with Crippen LogP contribution in [0.15, 0.2) is 73.6 Å². The highest BCUT2D eigenvalue weighted by atomic mass is 33.1. The Kier molecular flexibility index (Phi) is 45.6. The number of carboxylic acids is 6. The number of aromatic nitrogens is 6. The molecule has 53 heteroatoms. The Morgan fingerprint density at radius 3 is 1.32 bits per heavy atom. The molecule has 1 aliphatic carbocycles. The normalized spacial score (nSPS) is 17.2. The topological polar surface area (TPSA) is 677 Å². The zero-order valence-electron chi connectivity index (χ0n) is 69.4. The highest BCUT2D eigenvalue weighted by Crippen LogP contribution is 2.55. The maximum Gasteiger partial charge on any atom is 0.407 e. The summed E-state index contributed by atoms with van der Waals surface area (Å²) in [6.07, 6.45) is -0.411. The number of aliphatic hydroxyl groups is 2. The standard InChI is InChI=1S/C45H53N8O14P3S2.C30H43N8O12P3S2.C2H3N/c46-40-39-24(20-53(41(39)49-23-48-40)36-19-33(54)34(67-36)22-66-70(68)69)7-5-14-47-35(55)13-16-72-71-15-6-12-30(42(60)50-31(17-37(56)57)43(61)51-32(44(62)63)18-38(58)59)52-45(64)65-21-29-27-10-3-1-8-25(27)26-9-2-4-11-28(26)29;31-16(28(45)36-17(9-23(41)42)29(46)37-18(30(47)48)10-24(43)44)4-2-7-54-55-8-5-21(40)33-6-1-3-15-12-38(27-25(15)26(32)34-14-35-27)22-11-19(39)20(50-22)13-49-53(51)52;1-2-3/h1-4,8-11,20,23,29-34,36,54H,6,12-19,21-22,68-69H2,(H,47,55)(H,50,60)(H,51,61)(H,52,64)(H,56,57)(H,58,59)(H,62,63)(H2,46,48,49);12,14,16-20,22,39H,2,4-11,13,31,51-52H2,(H,33,40)(H,36,45)(H,37,46)(H,41,42)(H,43,44)(H,47,48)(H2,32,34,35);1H3. The van der Waals surface area contributed by atoms with Crippen molar-refractivity contribution in [3.8, 4) is 40.9 Å². The summed E-state index contributed by atoms with van der Waals surface area (Å²) in [6.45, 7) is 1.89. The number of carboxylic acid groups (broad SMARTS) is 6. The first-order chi connectivity index (χ1) is 62.0. The molecule has 130 heavy (non-hydrogen) atoms. The number of fused-ring (bicyclic) bond motifs is 5. The van der Waals surface area contributed by atoms with E-state index in [1.54, 1.807) is 27.6 Å². The number of nitriles is 1. The number of rotatable bonds is 47. The van der Waals surface area contributed by atoms with Crippen molar-refractivity contribution in [1.29, 1.82) is 5.26 Å². The fourth-order valence-electron chi connectivity index (χ4n) is 13.0. The fraction of sp³-hybridized carbons (Fsp3) is 0.455. The summed E-state index contributed by atoms with van der Waals surface area (Å²) in [7, 11) is 14.3. The Morgan fingerprint density at radius 1 is 0.538 bits per heavy atom. The van der Waals surface area contributed by atoms with Gasteiger partial charge in [0, 0.05) is 73.9 Å². The maximum atomic E-state index is 13.7. The molecule has 3 aliphatic rings. The first kappa shape index (κ1) is 108. The molecular weight excluding hydrogens is 1890 g/mol. The van der Waals surface area contributed by atoms with Gasteiger partial charge >= 0.3 is 41.9 Å². The first-order valence-electron chi connectivity index (χ1n) is 39.4. The quantitative estimate of drug-likeness (QED) is 0.0111. The van der Waals surface area contributed by atoms with Gasteiger partial charge < -0.3 is 128 Å². The first-order valence-corrected chi connectivity index (χ1v) is 53.4. The molecule has 16 atom stereocenters. The van der Waals surface area contributed by atoms with Gasteiger partial charge in [0.05, 0.1) is 113 Å². The van der Waals surface area contributed by atoms with Gasteiger partial charge in [-0.15, -0.1) is 0 Å². The van der Waals surface area contributed by atoms with Crippen molar-refractivity contribution in [3.63, 3.8) is 0 Å². The van der Waals surface area contributed by atoms with E-state index in [0.717, 1.165) is 22.3 Å². The summed E-state index contributed by atoms with van der Waals surface area (Å²) in [6, 6.07) is 7.38. The van der Waals surface area contributed by atoms with Gasteiger partial charge in [-0.2, -0.15) is 5.26 Å². The number of nitrogens with two attached hydrogens (primary N) is 3. The highest BCUT2D eigenvalue weighted by Gasteiger charge is 2.40. The third-order valence-corrected chi connectivity index (χ3v) is 26.7. The number of carbonyl (C=O) groups excluding carboxylic acids is 7. The van der Waals surface area contributed by atoms with E-state index >= 15 is 0 Å². The molecule has 0 radical (unpaired) electrons. The lowest BCUT2D eigenvalue weighted by atomic mass is 9.98. The minimum absolute atomic E-state index is 0.0139. The molecule has 4 aromatic heterocycles. The van der Waals surface area contributed by atoms with E-state index in [2.05, 4.69) is 106 Å². The van der Waals surface area contributed by atoms with Crippen LogP contribution >= 0.6 is 93.9 Å². The smallest absolute Gasteiger partial charge is 0.407 e. The molecule has 2 saturated heterocycles. The molecular formula is C77H99N17O26P6S4. The van der Waals surface area contributed by atoms with E-state index in [0.29, 0.717) is 81.9 Å². The lowest BCUT2D eigenvalue weighted by molar-refractivity contribution is -0.148. The van der Waals surface area contributed by atoms with Crippen molar-refractivity contribution < 1.29 is 126 Å². The molecule has 0 spiro atoms. The van der Waals surface area contributed by atoms with Crippen LogP contribution in [0.3, 0.4) is 0 Å². The largest absolute Gasteiger partial charge is 0.481 e. The molecule has 2 fully saturated rings. The van der Waals surface area contributed by atoms with Crippen molar-refractivity contribution in [2.24, 2.45) is 5.73 Å². The molecule has 2 aromatic carbocycles. The Labute approximate surface area is 771 Å². The van der Waals surface area contributed by atoms with Gasteiger partial charge in [0.1, 0.15) is 97.1 Å². The van der Waals surface area contributed by atoms with Crippen molar-refractivity contribution in [2.75, 3.05) is 67.4 Å². The van der Waals surface area contributed by atoms with Crippen LogP contribution in [0.25, 0.3) is 33.2 Å². The van der Waals surface area contributed by atoms with Crippen LogP contribution in [0.1, 0.15) is 125 Å². The van der Waals surface area contributed by atoms with Crippen molar-refractivity contribution in [1.82, 2.24) is 66.3 Å². The second kappa shape index (κ2) is 55.1. The van der Waals surface area contributed by atoms with Gasteiger partial charge in [0.2, 0.25) is 35.4 Å². The zero-order valence-corrected chi connectivity index (χ0v) is 79.1. The molecule has 0 saturated carbocycles. The monoisotopic (exact) mass is 1990 g/mol. The van der Waals surface area contributed by atoms with Crippen molar-refractivity contribution >= 4 is 205 Å². The van der Waals surface area contributed by atoms with E-state index in [9.17, 15) is 82.8 Å². The number of ether oxygens (including phenoxy) is 3. The molecule has 7 amide bonds. The van der Waals surface area contributed by atoms with Crippen LogP contribution in [-0.2, 0) is 80.8 Å². The summed E-state index contributed by atoms with van der Waals surface area (Å²) in [5, 5.41) is 101. The average Bonchev–Trinajstić information content (AvgIpc) is 1.62. The van der Waals surface area contributed by atoms with Crippen molar-refractivity contribution in [2.45, 2.75) is 163 Å². The molecule has 43 nitrogen and oxygen atoms in total. The van der Waals surface area contributed by atoms with E-state index < -0.39 is 179 Å². The summed E-state index contributed by atoms with van der Waals surface area (Å²) < 4.78 is 32.6. The number of anilines is 2. The van der Waals surface area contributed by atoms with Crippen LogP contribution < -0.4 is 54.4 Å². The summed E-state index contributed by atoms with van der Waals surface area (Å²) in [4.78, 5) is 175. The average molecular weight is 1990 g/mol. The maximum absolute atomic E-state index is 13.7. The Hall–Kier alpha value is -9.50. The number of hydrogen-bond acceptors (Lipinski definition) is 32. The number of amides is 7. The second-order valence-electron chi connectivity index (χ2n) is 28.4. The number of nitrogens with one attached hydrogen (secondary N) is 7. The number of nitrogen functional groups attached to an aromatic ring is 2. The van der Waals surface area contributed by atoms with Crippen molar-refractivity contribution in [3.05, 3.63) is 95.8 Å². The molecule has 16 unspecified atom stereocenters. The van der Waals surface area contributed by atoms with E-state index in [1.807, 2.05) is 59.2 Å². The zero-order chi connectivity index (χ0) is 95.3. The van der Waals surface area contributed by atoms with Gasteiger partial charge in [0.25, 0.3) is 0 Å². The molecule has 21 N–H and O–H groups in total. The minimum Gasteiger partial charge on any atom is -0.481 e. The predicted molar refractivity (Wildman–Crippen MR) is 498 cm³/mol. The van der Waals surface area contributed by atoms with Gasteiger partial charge in [-0.05, 0) is 47.9 Å². The van der Waals surface area contributed by atoms with Gasteiger partial charge in [0.15, 0.2) is 0 Å². The fourth-order valence-corrected chi connectivity index (χ4v) is 18.9. The number of carbonyl (C=O) groups is 13. The molecule has 2 aliphatic heterocycles. The molecule has 6 heterocycles. The number of alkyl carbamates (subject to hydrolysis) is 1. The number of aliphatic carboxylic acids is 6. The Bertz CT molecular complexity index is 5140. The van der Waals surface area contributed by atoms with Gasteiger partial charge in [-0.25, -0.2) is 34.3 Å². The van der Waals surface area contributed by atoms with E-state index in [1.165, 1.54) is 62.8 Å². The number of benzene rings is 2. The third-order valence-electron chi connectivity index (χ3n) is 19.0. The summed E-state index contributed by atoms with van der Waals surface area (Å²) in [5.41, 5.74) is 24.2. The summed E-state index contributed by atoms with van der Waals surface area (Å²) in [5.74, 6) is -0.199. The second-order valence-corrected chi connectivity index (χ2v) is 45.4. The lowest BCUT2D eigenvalue weighted by Crippen LogP contribution is -2.56. The lowest BCUT2D eigenvalue weighted by Gasteiger charge is -2.23. The SMILES string of the molecule is CC#N.Nc1ncnc2c1c(C#CCNC(=O)CCSSCCCC(N)C(=O)NC(CC(=O)O)C(=O)NC(CC(=O)O)C(=O)O)cn2C1CC(O)C(COP(P)P)O1.Nc1ncnc2c1c(C#CCNC(=O)CCSSCCCC(NC(=O)OCC1c3ccccc3-c3ccccc31)C(=O)NC(CC(=O)O)C(=O)NC(CC(=O)O)C(=O)O)cn2C1CC(O)C(COP(P)P)O1. The molecule has 0 bridgehead atoms. The van der Waals surface area contributed by atoms with E-state index in [-0.39, 0.29) is 88.0 Å². The van der Waals surface area contributed by atoms with Crippen LogP contribution in [0.4, 0.5) is 16.4 Å². The van der Waals surface area contributed by atoms with Gasteiger partial charge in [-0.1, -0.05) is 151 Å². The molecule has 9 rings (SSSR count). The van der Waals surface area contributed by atoms with Crippen LogP contribution in [0.5, 0.6) is 0 Å². The van der Waals surface area contributed by atoms with Crippen LogP contribution in [0, 0.1) is 35.0 Å². The Balaban J connectivity index is 0.000000358. The van der Waals surface area contributed by atoms with Gasteiger partial charge in [-0.3, -0.25) is 47.9 Å². The third kappa shape index (κ3) is 34.6.